The van der Waals surface area contributed by atoms with E-state index in [-0.39, 0.29) is 12.5 Å². The maximum absolute atomic E-state index is 12.2. The van der Waals surface area contributed by atoms with Crippen molar-refractivity contribution >= 4 is 33.5 Å². The lowest BCUT2D eigenvalue weighted by molar-refractivity contribution is -0.114. The third-order valence-electron chi connectivity index (χ3n) is 4.09. The number of rotatable bonds is 8. The summed E-state index contributed by atoms with van der Waals surface area (Å²) in [4.78, 5) is 16.5. The number of nitrogens with zero attached hydrogens (tertiary/aromatic N) is 1. The molecule has 0 aromatic heterocycles. The minimum Gasteiger partial charge on any atom is -0.388 e. The quantitative estimate of drug-likeness (QED) is 0.369. The van der Waals surface area contributed by atoms with Gasteiger partial charge in [-0.05, 0) is 43.5 Å². The highest BCUT2D eigenvalue weighted by atomic mass is 79.9. The Hall–Kier alpha value is -2.38. The number of carbonyl (C=O) groups excluding carboxylic acids is 1. The van der Waals surface area contributed by atoms with Gasteiger partial charge in [0.05, 0.1) is 6.10 Å². The molecular weight excluding hydrogens is 420 g/mol. The number of anilines is 1. The van der Waals surface area contributed by atoms with E-state index in [1.807, 2.05) is 62.4 Å². The minimum absolute atomic E-state index is 0.00251. The standard InChI is InChI=1S/C21H27BrN4O2/c1-3-23-21(24-12-11-19(27)16-7-5-4-6-8-16)25-14-20(28)26-18-13-17(22)10-9-15(18)2/h4-10,13,19,27H,3,11-12,14H2,1-2H3,(H,26,28)(H2,23,24,25). The van der Waals surface area contributed by atoms with E-state index < -0.39 is 6.10 Å². The van der Waals surface area contributed by atoms with E-state index in [2.05, 4.69) is 36.9 Å². The van der Waals surface area contributed by atoms with Crippen molar-refractivity contribution in [3.8, 4) is 0 Å². The van der Waals surface area contributed by atoms with Crippen molar-refractivity contribution in [2.24, 2.45) is 4.99 Å². The maximum atomic E-state index is 12.2. The Morgan fingerprint density at radius 3 is 2.64 bits per heavy atom. The average Bonchev–Trinajstić information content (AvgIpc) is 2.69. The number of aliphatic imine (C=N–C) groups is 1. The van der Waals surface area contributed by atoms with Crippen LogP contribution < -0.4 is 16.0 Å². The van der Waals surface area contributed by atoms with Crippen molar-refractivity contribution in [1.29, 1.82) is 0 Å². The Balaban J connectivity index is 1.85. The maximum Gasteiger partial charge on any atom is 0.246 e. The van der Waals surface area contributed by atoms with Gasteiger partial charge in [-0.3, -0.25) is 4.79 Å². The molecule has 1 atom stereocenters. The zero-order chi connectivity index (χ0) is 20.4. The fraction of sp³-hybridized carbons (Fsp3) is 0.333. The van der Waals surface area contributed by atoms with Crippen molar-refractivity contribution in [1.82, 2.24) is 10.6 Å². The van der Waals surface area contributed by atoms with Crippen LogP contribution in [0.25, 0.3) is 0 Å². The summed E-state index contributed by atoms with van der Waals surface area (Å²) < 4.78 is 0.906. The van der Waals surface area contributed by atoms with Gasteiger partial charge in [0.25, 0.3) is 0 Å². The van der Waals surface area contributed by atoms with Gasteiger partial charge in [-0.15, -0.1) is 0 Å². The largest absolute Gasteiger partial charge is 0.388 e. The van der Waals surface area contributed by atoms with Crippen LogP contribution in [0.15, 0.2) is 58.0 Å². The van der Waals surface area contributed by atoms with E-state index in [1.165, 1.54) is 0 Å². The van der Waals surface area contributed by atoms with Gasteiger partial charge in [0.2, 0.25) is 5.91 Å². The predicted molar refractivity (Wildman–Crippen MR) is 118 cm³/mol. The predicted octanol–water partition coefficient (Wildman–Crippen LogP) is 3.37. The SMILES string of the molecule is CCNC(=NCC(=O)Nc1cc(Br)ccc1C)NCCC(O)c1ccccc1. The van der Waals surface area contributed by atoms with Crippen LogP contribution in [0.2, 0.25) is 0 Å². The minimum atomic E-state index is -0.542. The van der Waals surface area contributed by atoms with Gasteiger partial charge in [0.1, 0.15) is 6.54 Å². The molecule has 0 heterocycles. The molecule has 0 radical (unpaired) electrons. The van der Waals surface area contributed by atoms with Gasteiger partial charge in [0.15, 0.2) is 5.96 Å². The van der Waals surface area contributed by atoms with E-state index in [4.69, 9.17) is 0 Å². The number of hydrogen-bond acceptors (Lipinski definition) is 3. The molecule has 28 heavy (non-hydrogen) atoms. The number of nitrogens with one attached hydrogen (secondary N) is 3. The molecule has 2 rings (SSSR count). The average molecular weight is 447 g/mol. The van der Waals surface area contributed by atoms with Crippen molar-refractivity contribution in [2.45, 2.75) is 26.4 Å². The van der Waals surface area contributed by atoms with Gasteiger partial charge in [-0.25, -0.2) is 4.99 Å². The Morgan fingerprint density at radius 1 is 1.18 bits per heavy atom. The van der Waals surface area contributed by atoms with Gasteiger partial charge >= 0.3 is 0 Å². The molecule has 1 unspecified atom stereocenters. The summed E-state index contributed by atoms with van der Waals surface area (Å²) >= 11 is 3.41. The Kier molecular flexibility index (Phi) is 8.97. The zero-order valence-corrected chi connectivity index (χ0v) is 17.8. The van der Waals surface area contributed by atoms with Crippen LogP contribution in [-0.2, 0) is 4.79 Å². The fourth-order valence-electron chi connectivity index (χ4n) is 2.58. The number of guanidine groups is 1. The van der Waals surface area contributed by atoms with Crippen LogP contribution in [0.1, 0.15) is 30.6 Å². The topological polar surface area (TPSA) is 85.8 Å². The van der Waals surface area contributed by atoms with Crippen molar-refractivity contribution in [3.05, 3.63) is 64.1 Å². The molecule has 7 heteroatoms. The lowest BCUT2D eigenvalue weighted by Crippen LogP contribution is -2.38. The molecule has 0 aliphatic heterocycles. The number of aryl methyl sites for hydroxylation is 1. The molecule has 0 spiro atoms. The third-order valence-corrected chi connectivity index (χ3v) is 4.59. The molecule has 0 saturated heterocycles. The first kappa shape index (κ1) is 21.9. The van der Waals surface area contributed by atoms with Gasteiger partial charge < -0.3 is 21.1 Å². The number of amides is 1. The molecule has 150 valence electrons. The lowest BCUT2D eigenvalue weighted by Gasteiger charge is -2.14. The molecule has 0 aliphatic carbocycles. The summed E-state index contributed by atoms with van der Waals surface area (Å²) in [6.45, 7) is 5.12. The molecule has 1 amide bonds. The zero-order valence-electron chi connectivity index (χ0n) is 16.2. The first-order chi connectivity index (χ1) is 13.5. The highest BCUT2D eigenvalue weighted by Crippen LogP contribution is 2.20. The second kappa shape index (κ2) is 11.5. The second-order valence-electron chi connectivity index (χ2n) is 6.34. The summed E-state index contributed by atoms with van der Waals surface area (Å²) in [6.07, 6.45) is -0.00270. The van der Waals surface area contributed by atoms with Crippen LogP contribution in [0, 0.1) is 6.92 Å². The summed E-state index contributed by atoms with van der Waals surface area (Å²) in [5, 5.41) is 19.4. The number of hydrogen-bond donors (Lipinski definition) is 4. The molecule has 0 aliphatic rings. The van der Waals surface area contributed by atoms with Crippen LogP contribution in [0.5, 0.6) is 0 Å². The third kappa shape index (κ3) is 7.32. The number of aliphatic hydroxyl groups is 1. The summed E-state index contributed by atoms with van der Waals surface area (Å²) in [5.74, 6) is 0.353. The summed E-state index contributed by atoms with van der Waals surface area (Å²) in [6, 6.07) is 15.3. The molecule has 0 saturated carbocycles. The Bertz CT molecular complexity index is 796. The highest BCUT2D eigenvalue weighted by Gasteiger charge is 2.08. The van der Waals surface area contributed by atoms with Gasteiger partial charge in [-0.2, -0.15) is 0 Å². The second-order valence-corrected chi connectivity index (χ2v) is 7.26. The Morgan fingerprint density at radius 2 is 1.93 bits per heavy atom. The van der Waals surface area contributed by atoms with Crippen LogP contribution in [0.4, 0.5) is 5.69 Å². The molecular formula is C21H27BrN4O2. The Labute approximate surface area is 174 Å². The number of halogens is 1. The molecule has 0 fully saturated rings. The molecule has 0 bridgehead atoms. The molecule has 2 aromatic rings. The summed E-state index contributed by atoms with van der Waals surface area (Å²) in [5.41, 5.74) is 2.63. The van der Waals surface area contributed by atoms with E-state index >= 15 is 0 Å². The van der Waals surface area contributed by atoms with E-state index in [0.29, 0.717) is 25.5 Å². The van der Waals surface area contributed by atoms with Crippen molar-refractivity contribution in [3.63, 3.8) is 0 Å². The normalized spacial score (nSPS) is 12.4. The summed E-state index contributed by atoms with van der Waals surface area (Å²) in [7, 11) is 0. The first-order valence-corrected chi connectivity index (χ1v) is 10.1. The van der Waals surface area contributed by atoms with Crippen LogP contribution in [-0.4, -0.2) is 36.6 Å². The molecule has 2 aromatic carbocycles. The fourth-order valence-corrected chi connectivity index (χ4v) is 2.94. The van der Waals surface area contributed by atoms with Crippen molar-refractivity contribution < 1.29 is 9.90 Å². The smallest absolute Gasteiger partial charge is 0.246 e. The number of carbonyl (C=O) groups is 1. The van der Waals surface area contributed by atoms with Gasteiger partial charge in [0, 0.05) is 23.2 Å². The van der Waals surface area contributed by atoms with E-state index in [0.717, 1.165) is 21.3 Å². The number of benzene rings is 2. The van der Waals surface area contributed by atoms with Crippen LogP contribution in [0.3, 0.4) is 0 Å². The van der Waals surface area contributed by atoms with Gasteiger partial charge in [-0.1, -0.05) is 52.3 Å². The molecule has 4 N–H and O–H groups in total. The lowest BCUT2D eigenvalue weighted by atomic mass is 10.1. The van der Waals surface area contributed by atoms with Crippen molar-refractivity contribution in [2.75, 3.05) is 25.0 Å². The van der Waals surface area contributed by atoms with Crippen LogP contribution >= 0.6 is 15.9 Å². The number of aliphatic hydroxyl groups excluding tert-OH is 1. The first-order valence-electron chi connectivity index (χ1n) is 9.30. The highest BCUT2D eigenvalue weighted by molar-refractivity contribution is 9.10. The van der Waals surface area contributed by atoms with E-state index in [1.54, 1.807) is 0 Å². The molecule has 6 nitrogen and oxygen atoms in total. The monoisotopic (exact) mass is 446 g/mol. The van der Waals surface area contributed by atoms with E-state index in [9.17, 15) is 9.90 Å².